The molecule has 3 atom stereocenters. The molecule has 2 aromatic carbocycles. The van der Waals surface area contributed by atoms with E-state index in [2.05, 4.69) is 23.1 Å². The van der Waals surface area contributed by atoms with Crippen molar-refractivity contribution in [2.45, 2.75) is 31.0 Å². The van der Waals surface area contributed by atoms with Crippen LogP contribution in [0.4, 0.5) is 0 Å². The Balaban J connectivity index is 1.40. The quantitative estimate of drug-likeness (QED) is 0.676. The van der Waals surface area contributed by atoms with E-state index in [0.29, 0.717) is 0 Å². The van der Waals surface area contributed by atoms with Crippen LogP contribution in [0.1, 0.15) is 23.1 Å². The van der Waals surface area contributed by atoms with Crippen molar-refractivity contribution < 1.29 is 9.84 Å². The fraction of sp³-hybridized carbons (Fsp3) is 0.455. The molecule has 0 bridgehead atoms. The van der Waals surface area contributed by atoms with E-state index >= 15 is 0 Å². The van der Waals surface area contributed by atoms with Crippen molar-refractivity contribution >= 4 is 0 Å². The summed E-state index contributed by atoms with van der Waals surface area (Å²) in [7, 11) is 0. The molecule has 144 valence electrons. The van der Waals surface area contributed by atoms with Gasteiger partial charge in [0.1, 0.15) is 12.0 Å². The summed E-state index contributed by atoms with van der Waals surface area (Å²) in [5.74, 6) is 1.17. The predicted molar refractivity (Wildman–Crippen MR) is 106 cm³/mol. The van der Waals surface area contributed by atoms with Crippen LogP contribution in [-0.4, -0.2) is 42.5 Å². The van der Waals surface area contributed by atoms with Crippen LogP contribution in [0.3, 0.4) is 0 Å². The Morgan fingerprint density at radius 3 is 2.81 bits per heavy atom. The van der Waals surface area contributed by atoms with Gasteiger partial charge in [0.25, 0.3) is 0 Å². The third-order valence-corrected chi connectivity index (χ3v) is 6.18. The molecule has 0 amide bonds. The number of aliphatic hydroxyl groups excluding tert-OH is 1. The van der Waals surface area contributed by atoms with E-state index in [4.69, 9.17) is 16.2 Å². The molecule has 2 aliphatic rings. The summed E-state index contributed by atoms with van der Waals surface area (Å²) in [6.45, 7) is 3.62. The Morgan fingerprint density at radius 1 is 1.22 bits per heavy atom. The number of nitrogens with zero attached hydrogens (tertiary/aromatic N) is 1. The Bertz CT molecular complexity index is 780. The highest BCUT2D eigenvalue weighted by molar-refractivity contribution is 5.39. The van der Waals surface area contributed by atoms with E-state index in [0.717, 1.165) is 56.8 Å². The van der Waals surface area contributed by atoms with Gasteiger partial charge in [-0.1, -0.05) is 42.5 Å². The van der Waals surface area contributed by atoms with Crippen LogP contribution in [0, 0.1) is 5.92 Å². The van der Waals surface area contributed by atoms with E-state index in [1.54, 1.807) is 0 Å². The highest BCUT2D eigenvalue weighted by Crippen LogP contribution is 2.35. The van der Waals surface area contributed by atoms with Gasteiger partial charge >= 0.3 is 0 Å². The minimum Gasteiger partial charge on any atom is -0.493 e. The van der Waals surface area contributed by atoms with Crippen molar-refractivity contribution in [2.24, 2.45) is 17.4 Å². The first kappa shape index (κ1) is 18.4. The molecule has 5 heteroatoms. The minimum atomic E-state index is -1.08. The lowest BCUT2D eigenvalue weighted by Crippen LogP contribution is -2.58. The van der Waals surface area contributed by atoms with Crippen molar-refractivity contribution in [1.29, 1.82) is 0 Å². The minimum absolute atomic E-state index is 0.133. The molecule has 5 N–H and O–H groups in total. The molecular formula is C22H29N3O2. The van der Waals surface area contributed by atoms with Gasteiger partial charge < -0.3 is 26.2 Å². The molecule has 5 nitrogen and oxygen atoms in total. The first-order valence-corrected chi connectivity index (χ1v) is 9.82. The lowest BCUT2D eigenvalue weighted by Gasteiger charge is -2.38. The summed E-state index contributed by atoms with van der Waals surface area (Å²) in [5.41, 5.74) is 15.3. The van der Waals surface area contributed by atoms with Crippen LogP contribution in [0.5, 0.6) is 5.75 Å². The smallest absolute Gasteiger partial charge is 0.125 e. The van der Waals surface area contributed by atoms with Crippen LogP contribution in [0.25, 0.3) is 0 Å². The van der Waals surface area contributed by atoms with Crippen molar-refractivity contribution in [1.82, 2.24) is 4.90 Å². The molecule has 0 spiro atoms. The van der Waals surface area contributed by atoms with Gasteiger partial charge in [0.15, 0.2) is 0 Å². The zero-order chi connectivity index (χ0) is 18.9. The van der Waals surface area contributed by atoms with E-state index in [1.165, 1.54) is 11.1 Å². The maximum atomic E-state index is 10.3. The summed E-state index contributed by atoms with van der Waals surface area (Å²) in [6.07, 6.45) is 1.88. The molecule has 1 saturated heterocycles. The van der Waals surface area contributed by atoms with Crippen LogP contribution in [0.2, 0.25) is 0 Å². The molecule has 2 unspecified atom stereocenters. The van der Waals surface area contributed by atoms with Crippen LogP contribution in [0.15, 0.2) is 48.5 Å². The number of hydrogen-bond donors (Lipinski definition) is 3. The fourth-order valence-electron chi connectivity index (χ4n) is 4.48. The summed E-state index contributed by atoms with van der Waals surface area (Å²) >= 11 is 0. The Morgan fingerprint density at radius 2 is 2.04 bits per heavy atom. The number of fused-ring (bicyclic) bond motifs is 1. The summed E-state index contributed by atoms with van der Waals surface area (Å²) < 4.78 is 5.59. The topological polar surface area (TPSA) is 84.7 Å². The van der Waals surface area contributed by atoms with E-state index in [-0.39, 0.29) is 5.92 Å². The van der Waals surface area contributed by atoms with Crippen molar-refractivity contribution in [2.75, 3.05) is 26.2 Å². The molecule has 2 heterocycles. The summed E-state index contributed by atoms with van der Waals surface area (Å²) in [4.78, 5) is 2.43. The van der Waals surface area contributed by atoms with Crippen molar-refractivity contribution in [3.63, 3.8) is 0 Å². The standard InChI is InChI=1S/C22H29N3O2/c23-21(26)22(24,18-4-2-1-3-5-18)19-9-12-25(15-19)11-8-16-6-7-20-17(14-16)10-13-27-20/h1-7,14,19,21,26H,8-13,15,23-24H2/t19-,21?,22?/m1/s1. The molecule has 2 aliphatic heterocycles. The summed E-state index contributed by atoms with van der Waals surface area (Å²) in [6, 6.07) is 16.3. The number of aliphatic hydroxyl groups is 1. The number of hydrogen-bond acceptors (Lipinski definition) is 5. The predicted octanol–water partition coefficient (Wildman–Crippen LogP) is 1.62. The highest BCUT2D eigenvalue weighted by atomic mass is 16.5. The average Bonchev–Trinajstić information content (AvgIpc) is 3.35. The SMILES string of the molecule is NC(O)C(N)(c1ccccc1)[C@@H]1CCN(CCc2ccc3c(c2)CCO3)C1. The normalized spacial score (nSPS) is 22.9. The molecule has 0 aromatic heterocycles. The van der Waals surface area contributed by atoms with Crippen molar-refractivity contribution in [3.05, 3.63) is 65.2 Å². The van der Waals surface area contributed by atoms with E-state index in [1.807, 2.05) is 30.3 Å². The molecule has 1 fully saturated rings. The third-order valence-electron chi connectivity index (χ3n) is 6.18. The molecule has 27 heavy (non-hydrogen) atoms. The lowest BCUT2D eigenvalue weighted by atomic mass is 9.77. The van der Waals surface area contributed by atoms with Gasteiger partial charge in [-0.3, -0.25) is 0 Å². The molecule has 4 rings (SSSR count). The zero-order valence-electron chi connectivity index (χ0n) is 15.7. The second kappa shape index (κ2) is 7.60. The van der Waals surface area contributed by atoms with Crippen molar-refractivity contribution in [3.8, 4) is 5.75 Å². The first-order valence-electron chi connectivity index (χ1n) is 9.82. The second-order valence-electron chi connectivity index (χ2n) is 7.82. The Labute approximate surface area is 160 Å². The number of likely N-dealkylation sites (tertiary alicyclic amines) is 1. The molecular weight excluding hydrogens is 338 g/mol. The van der Waals surface area contributed by atoms with Gasteiger partial charge in [-0.05, 0) is 48.1 Å². The number of benzene rings is 2. The average molecular weight is 367 g/mol. The van der Waals surface area contributed by atoms with Gasteiger partial charge in [0.05, 0.1) is 12.1 Å². The van der Waals surface area contributed by atoms with Gasteiger partial charge in [0.2, 0.25) is 0 Å². The fourth-order valence-corrected chi connectivity index (χ4v) is 4.48. The maximum Gasteiger partial charge on any atom is 0.125 e. The van der Waals surface area contributed by atoms with E-state index in [9.17, 15) is 5.11 Å². The molecule has 0 radical (unpaired) electrons. The van der Waals surface area contributed by atoms with Gasteiger partial charge in [-0.25, -0.2) is 0 Å². The molecule has 2 aromatic rings. The monoisotopic (exact) mass is 367 g/mol. The van der Waals surface area contributed by atoms with Crippen LogP contribution < -0.4 is 16.2 Å². The largest absolute Gasteiger partial charge is 0.493 e. The summed E-state index contributed by atoms with van der Waals surface area (Å²) in [5, 5.41) is 10.3. The Kier molecular flexibility index (Phi) is 5.19. The van der Waals surface area contributed by atoms with Crippen LogP contribution in [-0.2, 0) is 18.4 Å². The Hall–Kier alpha value is -1.92. The third kappa shape index (κ3) is 3.60. The number of ether oxygens (including phenoxy) is 1. The van der Waals surface area contributed by atoms with Crippen LogP contribution >= 0.6 is 0 Å². The first-order chi connectivity index (χ1) is 13.1. The lowest BCUT2D eigenvalue weighted by molar-refractivity contribution is 0.0497. The zero-order valence-corrected chi connectivity index (χ0v) is 15.7. The molecule has 0 aliphatic carbocycles. The number of nitrogens with two attached hydrogens (primary N) is 2. The number of rotatable bonds is 6. The maximum absolute atomic E-state index is 10.3. The van der Waals surface area contributed by atoms with Gasteiger partial charge in [-0.2, -0.15) is 0 Å². The second-order valence-corrected chi connectivity index (χ2v) is 7.82. The van der Waals surface area contributed by atoms with E-state index < -0.39 is 11.8 Å². The van der Waals surface area contributed by atoms with Gasteiger partial charge in [-0.15, -0.1) is 0 Å². The van der Waals surface area contributed by atoms with Gasteiger partial charge in [0, 0.05) is 19.5 Å². The highest BCUT2D eigenvalue weighted by Gasteiger charge is 2.44. The molecule has 0 saturated carbocycles.